The summed E-state index contributed by atoms with van der Waals surface area (Å²) in [5, 5.41) is 20.7. The number of allylic oxidation sites excluding steroid dienone is 2. The fourth-order valence-electron chi connectivity index (χ4n) is 7.19. The Labute approximate surface area is 255 Å². The number of imide groups is 2. The Morgan fingerprint density at radius 1 is 1.07 bits per heavy atom. The van der Waals surface area contributed by atoms with Gasteiger partial charge in [0, 0.05) is 10.4 Å². The molecular formula is C28H22Br2ClFN2O7. The van der Waals surface area contributed by atoms with Gasteiger partial charge in [0.15, 0.2) is 11.5 Å². The van der Waals surface area contributed by atoms with E-state index in [9.17, 15) is 33.9 Å². The van der Waals surface area contributed by atoms with Gasteiger partial charge in [-0.2, -0.15) is 5.06 Å². The quantitative estimate of drug-likeness (QED) is 0.250. The Kier molecular flexibility index (Phi) is 6.64. The number of carbonyl (C=O) groups excluding carboxylic acids is 4. The maximum atomic E-state index is 14.4. The van der Waals surface area contributed by atoms with Gasteiger partial charge in [-0.3, -0.25) is 24.4 Å². The van der Waals surface area contributed by atoms with Gasteiger partial charge in [0.1, 0.15) is 5.82 Å². The number of fused-ring (bicyclic) bond motifs is 4. The molecule has 2 heterocycles. The van der Waals surface area contributed by atoms with E-state index in [1.807, 2.05) is 6.08 Å². The molecule has 0 bridgehead atoms. The fraction of sp³-hybridized carbons (Fsp3) is 0.357. The first-order valence-electron chi connectivity index (χ1n) is 12.7. The summed E-state index contributed by atoms with van der Waals surface area (Å²) < 4.78 is 20.1. The summed E-state index contributed by atoms with van der Waals surface area (Å²) in [5.41, 5.74) is -0.123. The van der Waals surface area contributed by atoms with Crippen LogP contribution in [0.3, 0.4) is 0 Å². The summed E-state index contributed by atoms with van der Waals surface area (Å²) in [7, 11) is 1.38. The second kappa shape index (κ2) is 9.62. The van der Waals surface area contributed by atoms with Crippen LogP contribution in [0.5, 0.6) is 11.5 Å². The van der Waals surface area contributed by atoms with Crippen molar-refractivity contribution in [3.8, 4) is 11.5 Å². The molecule has 1 saturated carbocycles. The number of amides is 4. The monoisotopic (exact) mass is 710 g/mol. The molecule has 0 radical (unpaired) electrons. The van der Waals surface area contributed by atoms with Crippen LogP contribution >= 0.6 is 43.5 Å². The van der Waals surface area contributed by atoms with E-state index in [0.29, 0.717) is 15.6 Å². The van der Waals surface area contributed by atoms with Crippen molar-refractivity contribution < 1.29 is 38.6 Å². The van der Waals surface area contributed by atoms with E-state index in [-0.39, 0.29) is 44.6 Å². The Bertz CT molecular complexity index is 1620. The van der Waals surface area contributed by atoms with E-state index in [1.165, 1.54) is 19.2 Å². The molecule has 9 nitrogen and oxygen atoms in total. The van der Waals surface area contributed by atoms with Crippen molar-refractivity contribution in [1.29, 1.82) is 0 Å². The van der Waals surface area contributed by atoms with E-state index in [4.69, 9.17) is 16.3 Å². The van der Waals surface area contributed by atoms with Crippen molar-refractivity contribution in [2.45, 2.75) is 25.7 Å². The number of hydroxylamine groups is 2. The summed E-state index contributed by atoms with van der Waals surface area (Å²) in [6.45, 7) is 1.68. The van der Waals surface area contributed by atoms with Crippen LogP contribution in [0.15, 0.2) is 44.9 Å². The Hall–Kier alpha value is -2.80. The van der Waals surface area contributed by atoms with Gasteiger partial charge in [-0.25, -0.2) is 9.29 Å². The number of phenols is 1. The standard InChI is InChI=1S/C28H22Br2ClFN2O7/c1-28-15(25(37)33(27(28)39)10-3-6-17(32)16(31)7-10)8-13-11(4-5-12-19(13)26(38)34(40)24(12)36)20(28)14-9-18(41-2)23(35)22(30)21(14)29/h3-4,6-7,9,12-13,15,19-20,35,40H,5,8H2,1-2H3/t12-,13+,15-,19-,20+,28+/m0/s1. The number of hydrogen-bond acceptors (Lipinski definition) is 7. The van der Waals surface area contributed by atoms with Gasteiger partial charge in [-0.15, -0.1) is 0 Å². The van der Waals surface area contributed by atoms with Gasteiger partial charge < -0.3 is 9.84 Å². The highest BCUT2D eigenvalue weighted by Crippen LogP contribution is 2.65. The number of halogens is 4. The van der Waals surface area contributed by atoms with Crippen LogP contribution in [0.1, 0.15) is 31.2 Å². The predicted molar refractivity (Wildman–Crippen MR) is 150 cm³/mol. The van der Waals surface area contributed by atoms with Crippen molar-refractivity contribution in [1.82, 2.24) is 5.06 Å². The molecular weight excluding hydrogens is 691 g/mol. The molecule has 0 spiro atoms. The third-order valence-electron chi connectivity index (χ3n) is 9.12. The molecule has 3 fully saturated rings. The lowest BCUT2D eigenvalue weighted by molar-refractivity contribution is -0.173. The molecule has 0 aromatic heterocycles. The van der Waals surface area contributed by atoms with Crippen molar-refractivity contribution >= 4 is 72.8 Å². The van der Waals surface area contributed by atoms with Crippen LogP contribution in [0.25, 0.3) is 0 Å². The first kappa shape index (κ1) is 28.3. The molecule has 6 atom stereocenters. The molecule has 2 aliphatic carbocycles. The number of methoxy groups -OCH3 is 1. The number of benzene rings is 2. The summed E-state index contributed by atoms with van der Waals surface area (Å²) in [4.78, 5) is 55.3. The molecule has 214 valence electrons. The van der Waals surface area contributed by atoms with Gasteiger partial charge >= 0.3 is 0 Å². The highest BCUT2D eigenvalue weighted by molar-refractivity contribution is 9.13. The minimum Gasteiger partial charge on any atom is -0.503 e. The molecule has 4 amide bonds. The number of anilines is 1. The van der Waals surface area contributed by atoms with Gasteiger partial charge in [-0.1, -0.05) is 23.3 Å². The molecule has 0 unspecified atom stereocenters. The zero-order chi connectivity index (χ0) is 29.7. The normalized spacial score (nSPS) is 30.8. The van der Waals surface area contributed by atoms with E-state index < -0.39 is 64.5 Å². The highest BCUT2D eigenvalue weighted by atomic mass is 79.9. The van der Waals surface area contributed by atoms with Gasteiger partial charge in [0.2, 0.25) is 11.8 Å². The Balaban J connectivity index is 1.59. The van der Waals surface area contributed by atoms with Crippen LogP contribution < -0.4 is 9.64 Å². The third-order valence-corrected chi connectivity index (χ3v) is 11.6. The molecule has 4 aliphatic rings. The number of ether oxygens (including phenoxy) is 1. The lowest BCUT2D eigenvalue weighted by Crippen LogP contribution is -2.49. The Morgan fingerprint density at radius 2 is 1.78 bits per heavy atom. The van der Waals surface area contributed by atoms with Crippen LogP contribution in [0.2, 0.25) is 5.02 Å². The molecule has 2 N–H and O–H groups in total. The highest BCUT2D eigenvalue weighted by Gasteiger charge is 2.68. The average molecular weight is 713 g/mol. The van der Waals surface area contributed by atoms with E-state index >= 15 is 0 Å². The minimum atomic E-state index is -1.40. The summed E-state index contributed by atoms with van der Waals surface area (Å²) >= 11 is 12.9. The second-order valence-corrected chi connectivity index (χ2v) is 12.9. The zero-order valence-corrected chi connectivity index (χ0v) is 25.5. The molecule has 2 aromatic carbocycles. The van der Waals surface area contributed by atoms with Crippen LogP contribution in [-0.4, -0.2) is 46.1 Å². The third kappa shape index (κ3) is 3.73. The number of phenolic OH excluding ortho intramolecular Hbond substituents is 1. The second-order valence-electron chi connectivity index (χ2n) is 10.9. The Morgan fingerprint density at radius 3 is 2.44 bits per heavy atom. The fourth-order valence-corrected chi connectivity index (χ4v) is 8.32. The van der Waals surface area contributed by atoms with Crippen LogP contribution in [0.4, 0.5) is 10.1 Å². The number of hydrogen-bond donors (Lipinski definition) is 2. The minimum absolute atomic E-state index is 0.0663. The number of carbonyl (C=O) groups is 4. The molecule has 2 aliphatic heterocycles. The average Bonchev–Trinajstić information content (AvgIpc) is 3.29. The summed E-state index contributed by atoms with van der Waals surface area (Å²) in [6.07, 6.45) is 2.04. The largest absolute Gasteiger partial charge is 0.503 e. The van der Waals surface area contributed by atoms with Gasteiger partial charge in [0.25, 0.3) is 11.8 Å². The van der Waals surface area contributed by atoms with Crippen molar-refractivity contribution in [2.24, 2.45) is 29.1 Å². The van der Waals surface area contributed by atoms with Gasteiger partial charge in [-0.05, 0) is 87.4 Å². The summed E-state index contributed by atoms with van der Waals surface area (Å²) in [5.74, 6) is -7.46. The maximum Gasteiger partial charge on any atom is 0.257 e. The lowest BCUT2D eigenvalue weighted by atomic mass is 9.51. The molecule has 13 heteroatoms. The zero-order valence-electron chi connectivity index (χ0n) is 21.5. The molecule has 2 saturated heterocycles. The molecule has 41 heavy (non-hydrogen) atoms. The smallest absolute Gasteiger partial charge is 0.257 e. The van der Waals surface area contributed by atoms with Crippen molar-refractivity contribution in [2.75, 3.05) is 12.0 Å². The van der Waals surface area contributed by atoms with Crippen LogP contribution in [-0.2, 0) is 19.2 Å². The van der Waals surface area contributed by atoms with Crippen molar-refractivity contribution in [3.05, 3.63) is 61.3 Å². The maximum absolute atomic E-state index is 14.4. The first-order chi connectivity index (χ1) is 19.3. The number of nitrogens with zero attached hydrogens (tertiary/aromatic N) is 2. The lowest BCUT2D eigenvalue weighted by Gasteiger charge is -2.49. The van der Waals surface area contributed by atoms with Gasteiger partial charge in [0.05, 0.1) is 45.5 Å². The summed E-state index contributed by atoms with van der Waals surface area (Å²) in [6, 6.07) is 5.16. The topological polar surface area (TPSA) is 124 Å². The van der Waals surface area contributed by atoms with E-state index in [1.54, 1.807) is 13.0 Å². The van der Waals surface area contributed by atoms with E-state index in [0.717, 1.165) is 11.0 Å². The van der Waals surface area contributed by atoms with E-state index in [2.05, 4.69) is 31.9 Å². The predicted octanol–water partition coefficient (Wildman–Crippen LogP) is 5.34. The molecule has 2 aromatic rings. The molecule has 6 rings (SSSR count). The van der Waals surface area contributed by atoms with Crippen molar-refractivity contribution in [3.63, 3.8) is 0 Å². The van der Waals surface area contributed by atoms with Crippen LogP contribution in [0, 0.1) is 34.9 Å². The number of rotatable bonds is 3. The first-order valence-corrected chi connectivity index (χ1v) is 14.7. The number of aromatic hydroxyl groups is 1. The SMILES string of the molecule is COc1cc([C@H]2C3=CC[C@@H]4C(=O)N(O)C(=O)[C@@H]4[C@@H]3C[C@H]3C(=O)N(c4ccc(F)c(Cl)c4)C(=O)[C@@]23C)c(Br)c(Br)c1O.